The third-order valence-corrected chi connectivity index (χ3v) is 2.30. The van der Waals surface area contributed by atoms with E-state index < -0.39 is 0 Å². The summed E-state index contributed by atoms with van der Waals surface area (Å²) >= 11 is 0. The molecule has 0 atom stereocenters. The second-order valence-corrected chi connectivity index (χ2v) is 3.47. The molecule has 0 saturated carbocycles. The van der Waals surface area contributed by atoms with E-state index in [1.807, 2.05) is 19.1 Å². The van der Waals surface area contributed by atoms with Gasteiger partial charge in [-0.1, -0.05) is 0 Å². The molecule has 3 aromatic rings. The van der Waals surface area contributed by atoms with Crippen LogP contribution in [0.1, 0.15) is 5.76 Å². The van der Waals surface area contributed by atoms with Gasteiger partial charge < -0.3 is 10.2 Å². The van der Waals surface area contributed by atoms with Crippen LogP contribution in [-0.2, 0) is 0 Å². The SMILES string of the molecule is Cc1ccc(-c2nc(N)nc3[nH]ncc23)o1. The first-order chi connectivity index (χ1) is 7.74. The van der Waals surface area contributed by atoms with E-state index in [0.717, 1.165) is 11.1 Å². The quantitative estimate of drug-likeness (QED) is 0.641. The Balaban J connectivity index is 2.33. The molecule has 0 aliphatic rings. The van der Waals surface area contributed by atoms with Crippen molar-refractivity contribution in [2.45, 2.75) is 6.92 Å². The number of H-pyrrole nitrogens is 1. The predicted octanol–water partition coefficient (Wildman–Crippen LogP) is 1.50. The first-order valence-corrected chi connectivity index (χ1v) is 4.77. The number of nitrogens with one attached hydrogen (secondary N) is 1. The number of nitrogen functional groups attached to an aromatic ring is 1. The molecule has 0 saturated heterocycles. The number of aromatic nitrogens is 4. The van der Waals surface area contributed by atoms with E-state index in [1.54, 1.807) is 6.20 Å². The molecule has 0 aliphatic carbocycles. The molecule has 80 valence electrons. The van der Waals surface area contributed by atoms with Crippen molar-refractivity contribution in [1.29, 1.82) is 0 Å². The fourth-order valence-corrected chi connectivity index (χ4v) is 1.60. The van der Waals surface area contributed by atoms with Gasteiger partial charge in [0.05, 0.1) is 11.6 Å². The fourth-order valence-electron chi connectivity index (χ4n) is 1.60. The topological polar surface area (TPSA) is 93.6 Å². The van der Waals surface area contributed by atoms with Gasteiger partial charge in [0.15, 0.2) is 11.4 Å². The largest absolute Gasteiger partial charge is 0.460 e. The summed E-state index contributed by atoms with van der Waals surface area (Å²) in [5.41, 5.74) is 6.88. The van der Waals surface area contributed by atoms with Gasteiger partial charge in [0.25, 0.3) is 0 Å². The zero-order chi connectivity index (χ0) is 11.1. The highest BCUT2D eigenvalue weighted by Gasteiger charge is 2.12. The van der Waals surface area contributed by atoms with Gasteiger partial charge in [-0.15, -0.1) is 0 Å². The molecular weight excluding hydrogens is 206 g/mol. The summed E-state index contributed by atoms with van der Waals surface area (Å²) in [4.78, 5) is 8.21. The van der Waals surface area contributed by atoms with Crippen LogP contribution >= 0.6 is 0 Å². The first kappa shape index (κ1) is 8.90. The first-order valence-electron chi connectivity index (χ1n) is 4.77. The average Bonchev–Trinajstić information content (AvgIpc) is 2.84. The van der Waals surface area contributed by atoms with E-state index >= 15 is 0 Å². The normalized spacial score (nSPS) is 11.1. The predicted molar refractivity (Wildman–Crippen MR) is 58.5 cm³/mol. The van der Waals surface area contributed by atoms with Gasteiger partial charge in [-0.2, -0.15) is 10.1 Å². The van der Waals surface area contributed by atoms with Crippen LogP contribution in [0.15, 0.2) is 22.7 Å². The molecule has 3 rings (SSSR count). The lowest BCUT2D eigenvalue weighted by Crippen LogP contribution is -1.96. The van der Waals surface area contributed by atoms with Crippen molar-refractivity contribution >= 4 is 17.0 Å². The van der Waals surface area contributed by atoms with Crippen LogP contribution in [0.3, 0.4) is 0 Å². The van der Waals surface area contributed by atoms with E-state index in [2.05, 4.69) is 20.2 Å². The van der Waals surface area contributed by atoms with E-state index in [4.69, 9.17) is 10.2 Å². The lowest BCUT2D eigenvalue weighted by molar-refractivity contribution is 0.547. The van der Waals surface area contributed by atoms with Crippen LogP contribution in [0.2, 0.25) is 0 Å². The Hall–Kier alpha value is -2.37. The van der Waals surface area contributed by atoms with Crippen molar-refractivity contribution in [3.63, 3.8) is 0 Å². The van der Waals surface area contributed by atoms with E-state index in [-0.39, 0.29) is 5.95 Å². The Morgan fingerprint density at radius 1 is 1.31 bits per heavy atom. The summed E-state index contributed by atoms with van der Waals surface area (Å²) in [5, 5.41) is 7.46. The molecule has 6 heteroatoms. The number of hydrogen-bond donors (Lipinski definition) is 2. The van der Waals surface area contributed by atoms with Gasteiger partial charge in [0.1, 0.15) is 11.5 Å². The van der Waals surface area contributed by atoms with E-state index in [9.17, 15) is 0 Å². The zero-order valence-corrected chi connectivity index (χ0v) is 8.56. The fraction of sp³-hybridized carbons (Fsp3) is 0.100. The second kappa shape index (κ2) is 3.06. The number of aryl methyl sites for hydroxylation is 1. The maximum Gasteiger partial charge on any atom is 0.222 e. The molecule has 0 unspecified atom stereocenters. The van der Waals surface area contributed by atoms with Crippen molar-refractivity contribution in [3.8, 4) is 11.5 Å². The molecular formula is C10H9N5O. The molecule has 0 fully saturated rings. The Bertz CT molecular complexity index is 654. The molecule has 0 spiro atoms. The minimum absolute atomic E-state index is 0.195. The number of anilines is 1. The maximum absolute atomic E-state index is 5.62. The Morgan fingerprint density at radius 2 is 2.19 bits per heavy atom. The molecule has 3 heterocycles. The smallest absolute Gasteiger partial charge is 0.222 e. The molecule has 3 N–H and O–H groups in total. The van der Waals surface area contributed by atoms with Crippen molar-refractivity contribution in [2.75, 3.05) is 5.73 Å². The highest BCUT2D eigenvalue weighted by atomic mass is 16.3. The monoisotopic (exact) mass is 215 g/mol. The number of nitrogens with two attached hydrogens (primary N) is 1. The summed E-state index contributed by atoms with van der Waals surface area (Å²) in [6.07, 6.45) is 1.65. The average molecular weight is 215 g/mol. The Morgan fingerprint density at radius 3 is 2.94 bits per heavy atom. The lowest BCUT2D eigenvalue weighted by atomic mass is 10.2. The van der Waals surface area contributed by atoms with Gasteiger partial charge in [0.2, 0.25) is 5.95 Å². The van der Waals surface area contributed by atoms with Crippen molar-refractivity contribution in [3.05, 3.63) is 24.1 Å². The van der Waals surface area contributed by atoms with Crippen molar-refractivity contribution < 1.29 is 4.42 Å². The zero-order valence-electron chi connectivity index (χ0n) is 8.56. The van der Waals surface area contributed by atoms with Crippen LogP contribution in [-0.4, -0.2) is 20.2 Å². The standard InChI is InChI=1S/C10H9N5O/c1-5-2-3-7(16-5)8-6-4-12-15-9(6)14-10(11)13-8/h2-4H,1H3,(H3,11,12,13,14,15). The second-order valence-electron chi connectivity index (χ2n) is 3.47. The van der Waals surface area contributed by atoms with Crippen LogP contribution in [0.25, 0.3) is 22.5 Å². The molecule has 0 radical (unpaired) electrons. The number of fused-ring (bicyclic) bond motifs is 1. The van der Waals surface area contributed by atoms with Crippen LogP contribution < -0.4 is 5.73 Å². The Kier molecular flexibility index (Phi) is 1.70. The van der Waals surface area contributed by atoms with Gasteiger partial charge in [-0.25, -0.2) is 4.98 Å². The summed E-state index contributed by atoms with van der Waals surface area (Å²) in [6.45, 7) is 1.88. The summed E-state index contributed by atoms with van der Waals surface area (Å²) in [7, 11) is 0. The van der Waals surface area contributed by atoms with Gasteiger partial charge in [-0.3, -0.25) is 5.10 Å². The van der Waals surface area contributed by atoms with E-state index in [0.29, 0.717) is 17.1 Å². The number of nitrogens with zero attached hydrogens (tertiary/aromatic N) is 3. The number of hydrogen-bond acceptors (Lipinski definition) is 5. The van der Waals surface area contributed by atoms with Gasteiger partial charge in [0, 0.05) is 0 Å². The van der Waals surface area contributed by atoms with Crippen LogP contribution in [0.4, 0.5) is 5.95 Å². The van der Waals surface area contributed by atoms with Crippen LogP contribution in [0, 0.1) is 6.92 Å². The summed E-state index contributed by atoms with van der Waals surface area (Å²) in [5.74, 6) is 1.68. The summed E-state index contributed by atoms with van der Waals surface area (Å²) < 4.78 is 5.51. The van der Waals surface area contributed by atoms with Gasteiger partial charge in [-0.05, 0) is 19.1 Å². The van der Waals surface area contributed by atoms with Crippen LogP contribution in [0.5, 0.6) is 0 Å². The van der Waals surface area contributed by atoms with Crippen molar-refractivity contribution in [1.82, 2.24) is 20.2 Å². The Labute approximate surface area is 90.5 Å². The number of aromatic amines is 1. The van der Waals surface area contributed by atoms with Crippen molar-refractivity contribution in [2.24, 2.45) is 0 Å². The minimum atomic E-state index is 0.195. The molecule has 0 bridgehead atoms. The molecule has 0 aromatic carbocycles. The lowest BCUT2D eigenvalue weighted by Gasteiger charge is -1.99. The molecule has 0 amide bonds. The molecule has 3 aromatic heterocycles. The third kappa shape index (κ3) is 1.23. The highest BCUT2D eigenvalue weighted by molar-refractivity contribution is 5.88. The number of rotatable bonds is 1. The summed E-state index contributed by atoms with van der Waals surface area (Å²) in [6, 6.07) is 3.73. The minimum Gasteiger partial charge on any atom is -0.460 e. The maximum atomic E-state index is 5.62. The molecule has 0 aliphatic heterocycles. The highest BCUT2D eigenvalue weighted by Crippen LogP contribution is 2.26. The molecule has 16 heavy (non-hydrogen) atoms. The van der Waals surface area contributed by atoms with E-state index in [1.165, 1.54) is 0 Å². The third-order valence-electron chi connectivity index (χ3n) is 2.30. The van der Waals surface area contributed by atoms with Gasteiger partial charge >= 0.3 is 0 Å². The number of furan rings is 1. The molecule has 6 nitrogen and oxygen atoms in total.